The number of nitrogens with zero attached hydrogens (tertiary/aromatic N) is 1. The monoisotopic (exact) mass is 459 g/mol. The van der Waals surface area contributed by atoms with Gasteiger partial charge in [0.2, 0.25) is 0 Å². The van der Waals surface area contributed by atoms with Gasteiger partial charge in [-0.05, 0) is 55.3 Å². The highest BCUT2D eigenvalue weighted by Gasteiger charge is 2.69. The number of carbonyl (C=O) groups excluding carboxylic acids is 3. The van der Waals surface area contributed by atoms with Gasteiger partial charge >= 0.3 is 12.2 Å². The van der Waals surface area contributed by atoms with Gasteiger partial charge in [0, 0.05) is 5.02 Å². The average molecular weight is 460 g/mol. The van der Waals surface area contributed by atoms with Crippen LogP contribution in [0.3, 0.4) is 0 Å². The molecule has 1 unspecified atom stereocenters. The van der Waals surface area contributed by atoms with Crippen molar-refractivity contribution in [3.05, 3.63) is 63.1 Å². The molecule has 30 heavy (non-hydrogen) atoms. The first-order chi connectivity index (χ1) is 13.9. The molecule has 1 heterocycles. The number of hydrogen-bond donors (Lipinski definition) is 2. The van der Waals surface area contributed by atoms with Crippen LogP contribution in [0.25, 0.3) is 0 Å². The first-order valence-electron chi connectivity index (χ1n) is 8.45. The van der Waals surface area contributed by atoms with Gasteiger partial charge in [-0.1, -0.05) is 29.3 Å². The second-order valence-electron chi connectivity index (χ2n) is 6.67. The van der Waals surface area contributed by atoms with Crippen molar-refractivity contribution in [2.45, 2.75) is 25.7 Å². The molecule has 1 saturated heterocycles. The molecule has 0 aromatic heterocycles. The van der Waals surface area contributed by atoms with E-state index in [1.54, 1.807) is 30.5 Å². The molecule has 0 radical (unpaired) electrons. The van der Waals surface area contributed by atoms with E-state index >= 15 is 0 Å². The van der Waals surface area contributed by atoms with Gasteiger partial charge in [-0.25, -0.2) is 9.69 Å². The number of rotatable bonds is 3. The summed E-state index contributed by atoms with van der Waals surface area (Å²) in [5.41, 5.74) is -2.60. The molecule has 2 aromatic carbocycles. The van der Waals surface area contributed by atoms with Crippen LogP contribution < -0.4 is 15.5 Å². The second kappa shape index (κ2) is 7.48. The summed E-state index contributed by atoms with van der Waals surface area (Å²) < 4.78 is 41.9. The largest absolute Gasteiger partial charge is 0.440 e. The Kier molecular flexibility index (Phi) is 5.46. The lowest BCUT2D eigenvalue weighted by molar-refractivity contribution is -0.197. The smallest absolute Gasteiger partial charge is 0.314 e. The molecule has 1 fully saturated rings. The first kappa shape index (κ1) is 21.9. The number of urea groups is 1. The fourth-order valence-electron chi connectivity index (χ4n) is 2.89. The van der Waals surface area contributed by atoms with Crippen LogP contribution in [-0.4, -0.2) is 29.7 Å². The zero-order valence-corrected chi connectivity index (χ0v) is 17.0. The zero-order valence-electron chi connectivity index (χ0n) is 15.5. The predicted molar refractivity (Wildman–Crippen MR) is 105 cm³/mol. The standard InChI is InChI=1S/C19H14Cl2F3N3O3/c1-9-3-5-12(7-10(9)2)27-16(29)18(19(22,23)24,26-17(27)30)25-15(28)13-6-4-11(20)8-14(13)21/h3-8H,1-2H3,(H,25,28)(H,26,30). The van der Waals surface area contributed by atoms with Gasteiger partial charge in [0.25, 0.3) is 17.5 Å². The van der Waals surface area contributed by atoms with Crippen LogP contribution in [-0.2, 0) is 4.79 Å². The molecule has 4 amide bonds. The van der Waals surface area contributed by atoms with Crippen molar-refractivity contribution in [1.29, 1.82) is 0 Å². The summed E-state index contributed by atoms with van der Waals surface area (Å²) in [5, 5.41) is 3.12. The third-order valence-electron chi connectivity index (χ3n) is 4.67. The van der Waals surface area contributed by atoms with E-state index in [-0.39, 0.29) is 21.3 Å². The van der Waals surface area contributed by atoms with Crippen LogP contribution >= 0.6 is 23.2 Å². The lowest BCUT2D eigenvalue weighted by atomic mass is 10.1. The number of benzene rings is 2. The van der Waals surface area contributed by atoms with Crippen molar-refractivity contribution in [2.75, 3.05) is 4.90 Å². The van der Waals surface area contributed by atoms with E-state index in [2.05, 4.69) is 0 Å². The van der Waals surface area contributed by atoms with Crippen LogP contribution in [0, 0.1) is 13.8 Å². The summed E-state index contributed by atoms with van der Waals surface area (Å²) in [6.07, 6.45) is -5.34. The molecule has 1 atom stereocenters. The number of hydrogen-bond acceptors (Lipinski definition) is 3. The summed E-state index contributed by atoms with van der Waals surface area (Å²) in [6, 6.07) is 6.48. The summed E-state index contributed by atoms with van der Waals surface area (Å²) in [5.74, 6) is -3.01. The normalized spacial score (nSPS) is 19.1. The van der Waals surface area contributed by atoms with Crippen molar-refractivity contribution in [3.63, 3.8) is 0 Å². The summed E-state index contributed by atoms with van der Waals surface area (Å²) in [4.78, 5) is 38.1. The van der Waals surface area contributed by atoms with Crippen molar-refractivity contribution in [3.8, 4) is 0 Å². The molecule has 11 heteroatoms. The van der Waals surface area contributed by atoms with Gasteiger partial charge in [0.05, 0.1) is 16.3 Å². The number of carbonyl (C=O) groups is 3. The van der Waals surface area contributed by atoms with E-state index in [0.29, 0.717) is 10.5 Å². The molecule has 3 rings (SSSR count). The Hall–Kier alpha value is -2.78. The van der Waals surface area contributed by atoms with E-state index in [4.69, 9.17) is 23.2 Å². The number of aryl methyl sites for hydroxylation is 2. The molecule has 6 nitrogen and oxygen atoms in total. The second-order valence-corrected chi connectivity index (χ2v) is 7.51. The third-order valence-corrected chi connectivity index (χ3v) is 5.22. The maximum atomic E-state index is 14.0. The fourth-order valence-corrected chi connectivity index (χ4v) is 3.38. The van der Waals surface area contributed by atoms with Gasteiger partial charge in [-0.2, -0.15) is 13.2 Å². The average Bonchev–Trinajstić information content (AvgIpc) is 2.88. The first-order valence-corrected chi connectivity index (χ1v) is 9.21. The number of nitrogens with one attached hydrogen (secondary N) is 2. The van der Waals surface area contributed by atoms with E-state index in [0.717, 1.165) is 17.7 Å². The number of halogens is 5. The SMILES string of the molecule is Cc1ccc(N2C(=O)NC(NC(=O)c3ccc(Cl)cc3Cl)(C(F)(F)F)C2=O)cc1C. The highest BCUT2D eigenvalue weighted by Crippen LogP contribution is 2.36. The van der Waals surface area contributed by atoms with Gasteiger partial charge in [-0.3, -0.25) is 14.9 Å². The van der Waals surface area contributed by atoms with Crippen LogP contribution in [0.2, 0.25) is 10.0 Å². The van der Waals surface area contributed by atoms with E-state index in [1.165, 1.54) is 18.2 Å². The van der Waals surface area contributed by atoms with Crippen molar-refractivity contribution >= 4 is 46.7 Å². The lowest BCUT2D eigenvalue weighted by Gasteiger charge is -2.30. The molecular formula is C19H14Cl2F3N3O3. The van der Waals surface area contributed by atoms with Crippen molar-refractivity contribution in [1.82, 2.24) is 10.6 Å². The zero-order chi connectivity index (χ0) is 22.4. The van der Waals surface area contributed by atoms with E-state index < -0.39 is 29.7 Å². The Bertz CT molecular complexity index is 1070. The fraction of sp³-hybridized carbons (Fsp3) is 0.211. The molecule has 158 valence electrons. The highest BCUT2D eigenvalue weighted by atomic mass is 35.5. The molecule has 0 saturated carbocycles. The maximum absolute atomic E-state index is 14.0. The van der Waals surface area contributed by atoms with Crippen LogP contribution in [0.15, 0.2) is 36.4 Å². The molecule has 2 aromatic rings. The molecule has 0 aliphatic carbocycles. The van der Waals surface area contributed by atoms with Gasteiger partial charge in [-0.15, -0.1) is 0 Å². The minimum Gasteiger partial charge on any atom is -0.314 e. The maximum Gasteiger partial charge on any atom is 0.440 e. The van der Waals surface area contributed by atoms with Crippen LogP contribution in [0.1, 0.15) is 21.5 Å². The lowest BCUT2D eigenvalue weighted by Crippen LogP contribution is -2.69. The minimum atomic E-state index is -5.34. The predicted octanol–water partition coefficient (Wildman–Crippen LogP) is 4.36. The molecule has 1 aliphatic heterocycles. The minimum absolute atomic E-state index is 0.0644. The summed E-state index contributed by atoms with van der Waals surface area (Å²) >= 11 is 11.6. The Labute approximate surface area is 178 Å². The number of alkyl halides is 3. The summed E-state index contributed by atoms with van der Waals surface area (Å²) in [7, 11) is 0. The van der Waals surface area contributed by atoms with Crippen LogP contribution in [0.5, 0.6) is 0 Å². The molecule has 2 N–H and O–H groups in total. The van der Waals surface area contributed by atoms with Gasteiger partial charge < -0.3 is 5.32 Å². The van der Waals surface area contributed by atoms with Gasteiger partial charge in [0.1, 0.15) is 0 Å². The number of imide groups is 1. The highest BCUT2D eigenvalue weighted by molar-refractivity contribution is 6.37. The Morgan fingerprint density at radius 3 is 2.30 bits per heavy atom. The topological polar surface area (TPSA) is 78.5 Å². The van der Waals surface area contributed by atoms with E-state index in [9.17, 15) is 27.6 Å². The molecular weight excluding hydrogens is 446 g/mol. The van der Waals surface area contributed by atoms with Gasteiger partial charge in [0.15, 0.2) is 0 Å². The van der Waals surface area contributed by atoms with Crippen molar-refractivity contribution in [2.24, 2.45) is 0 Å². The molecule has 0 bridgehead atoms. The Balaban J connectivity index is 2.03. The number of amides is 4. The number of anilines is 1. The van der Waals surface area contributed by atoms with Crippen LogP contribution in [0.4, 0.5) is 23.7 Å². The summed E-state index contributed by atoms with van der Waals surface area (Å²) in [6.45, 7) is 3.44. The van der Waals surface area contributed by atoms with E-state index in [1.807, 2.05) is 0 Å². The Morgan fingerprint density at radius 1 is 1.07 bits per heavy atom. The quantitative estimate of drug-likeness (QED) is 0.669. The Morgan fingerprint density at radius 2 is 1.73 bits per heavy atom. The molecule has 0 spiro atoms. The third kappa shape index (κ3) is 3.59. The molecule has 1 aliphatic rings. The van der Waals surface area contributed by atoms with Crippen molar-refractivity contribution < 1.29 is 27.6 Å².